The first-order chi connectivity index (χ1) is 9.18. The van der Waals surface area contributed by atoms with Crippen LogP contribution in [0.15, 0.2) is 52.1 Å². The fourth-order valence-corrected chi connectivity index (χ4v) is 2.98. The molecule has 0 saturated heterocycles. The molecule has 0 atom stereocenters. The fraction of sp³-hybridized carbons (Fsp3) is 0.0588. The van der Waals surface area contributed by atoms with Crippen molar-refractivity contribution in [2.75, 3.05) is 0 Å². The third kappa shape index (κ3) is 1.16. The molecule has 90 valence electrons. The van der Waals surface area contributed by atoms with E-state index in [0.29, 0.717) is 10.8 Å². The summed E-state index contributed by atoms with van der Waals surface area (Å²) < 4.78 is 0. The highest BCUT2D eigenvalue weighted by atomic mass is 16.2. The summed E-state index contributed by atoms with van der Waals surface area (Å²) in [6, 6.07) is 14.1. The highest BCUT2D eigenvalue weighted by Gasteiger charge is 2.18. The first-order valence-corrected chi connectivity index (χ1v) is 6.22. The van der Waals surface area contributed by atoms with Gasteiger partial charge in [0.05, 0.1) is 0 Å². The van der Waals surface area contributed by atoms with Crippen LogP contribution in [0.2, 0.25) is 0 Å². The van der Waals surface area contributed by atoms with Gasteiger partial charge >= 0.3 is 0 Å². The molecule has 4 aromatic carbocycles. The monoisotopic (exact) mass is 246 g/mol. The minimum atomic E-state index is -0.348. The minimum absolute atomic E-state index is 0.345. The molecular formula is C17H10O2. The van der Waals surface area contributed by atoms with Gasteiger partial charge in [-0.2, -0.15) is 0 Å². The lowest BCUT2D eigenvalue weighted by Gasteiger charge is -2.10. The second-order valence-electron chi connectivity index (χ2n) is 4.98. The lowest BCUT2D eigenvalue weighted by molar-refractivity contribution is 1.47. The Morgan fingerprint density at radius 3 is 2.32 bits per heavy atom. The number of rotatable bonds is 0. The molecule has 19 heavy (non-hydrogen) atoms. The van der Waals surface area contributed by atoms with E-state index >= 15 is 0 Å². The molecule has 0 aliphatic rings. The van der Waals surface area contributed by atoms with Gasteiger partial charge in [-0.25, -0.2) is 0 Å². The first kappa shape index (κ1) is 10.4. The molecule has 0 unspecified atom stereocenters. The maximum atomic E-state index is 11.8. The zero-order valence-electron chi connectivity index (χ0n) is 10.4. The molecule has 0 saturated carbocycles. The van der Waals surface area contributed by atoms with Gasteiger partial charge in [0.1, 0.15) is 0 Å². The summed E-state index contributed by atoms with van der Waals surface area (Å²) in [5.41, 5.74) is 0.199. The molecule has 0 aliphatic carbocycles. The van der Waals surface area contributed by atoms with Crippen LogP contribution in [0, 0.1) is 6.92 Å². The van der Waals surface area contributed by atoms with Crippen molar-refractivity contribution in [2.45, 2.75) is 6.92 Å². The highest BCUT2D eigenvalue weighted by Crippen LogP contribution is 2.31. The minimum Gasteiger partial charge on any atom is -0.285 e. The van der Waals surface area contributed by atoms with Crippen LogP contribution in [0.3, 0.4) is 0 Å². The van der Waals surface area contributed by atoms with Crippen molar-refractivity contribution in [3.63, 3.8) is 0 Å². The molecule has 0 heterocycles. The molecule has 4 rings (SSSR count). The van der Waals surface area contributed by atoms with Gasteiger partial charge in [0, 0.05) is 10.8 Å². The highest BCUT2D eigenvalue weighted by molar-refractivity contribution is 6.19. The largest absolute Gasteiger partial charge is 0.285 e. The van der Waals surface area contributed by atoms with Gasteiger partial charge in [-0.15, -0.1) is 0 Å². The van der Waals surface area contributed by atoms with E-state index in [9.17, 15) is 9.59 Å². The first-order valence-electron chi connectivity index (χ1n) is 6.22. The summed E-state index contributed by atoms with van der Waals surface area (Å²) in [7, 11) is 0. The lowest BCUT2D eigenvalue weighted by Crippen LogP contribution is -2.31. The number of hydrogen-bond donors (Lipinski definition) is 0. The molecule has 0 amide bonds. The SMILES string of the molecule is Cc1cc2c3ccccc3ccc2c2c(=O)c(=O)c12. The molecular weight excluding hydrogens is 236 g/mol. The Hall–Kier alpha value is -2.48. The van der Waals surface area contributed by atoms with E-state index in [1.54, 1.807) is 0 Å². The van der Waals surface area contributed by atoms with E-state index in [1.165, 1.54) is 0 Å². The Morgan fingerprint density at radius 1 is 0.737 bits per heavy atom. The summed E-state index contributed by atoms with van der Waals surface area (Å²) >= 11 is 0. The van der Waals surface area contributed by atoms with Gasteiger partial charge in [0.2, 0.25) is 10.9 Å². The molecule has 0 N–H and O–H groups in total. The number of fused-ring (bicyclic) bond motifs is 5. The Labute approximate surface area is 108 Å². The summed E-state index contributed by atoms with van der Waals surface area (Å²) in [6.07, 6.45) is 0. The Morgan fingerprint density at radius 2 is 1.47 bits per heavy atom. The van der Waals surface area contributed by atoms with E-state index in [2.05, 4.69) is 12.1 Å². The fourth-order valence-electron chi connectivity index (χ4n) is 2.98. The van der Waals surface area contributed by atoms with Gasteiger partial charge in [-0.1, -0.05) is 42.5 Å². The maximum Gasteiger partial charge on any atom is 0.234 e. The standard InChI is InChI=1S/C17H10O2/c1-9-8-13-11-5-3-2-4-10(11)6-7-12(13)15-14(9)16(18)17(15)19/h2-8H,1H3. The lowest BCUT2D eigenvalue weighted by atomic mass is 9.91. The van der Waals surface area contributed by atoms with E-state index < -0.39 is 0 Å². The predicted octanol–water partition coefficient (Wildman–Crippen LogP) is 3.05. The van der Waals surface area contributed by atoms with Crippen LogP contribution in [0.1, 0.15) is 5.56 Å². The third-order valence-corrected chi connectivity index (χ3v) is 3.91. The Kier molecular flexibility index (Phi) is 1.81. The second kappa shape index (κ2) is 3.29. The van der Waals surface area contributed by atoms with Crippen molar-refractivity contribution in [3.05, 3.63) is 68.5 Å². The topological polar surface area (TPSA) is 34.1 Å². The van der Waals surface area contributed by atoms with E-state index in [0.717, 1.165) is 27.1 Å². The molecule has 4 aromatic rings. The molecule has 2 nitrogen and oxygen atoms in total. The zero-order valence-corrected chi connectivity index (χ0v) is 10.4. The van der Waals surface area contributed by atoms with Crippen LogP contribution in [-0.2, 0) is 0 Å². The third-order valence-electron chi connectivity index (χ3n) is 3.91. The average molecular weight is 246 g/mol. The summed E-state index contributed by atoms with van der Waals surface area (Å²) in [4.78, 5) is 23.4. The molecule has 0 bridgehead atoms. The average Bonchev–Trinajstić information content (AvgIpc) is 2.45. The van der Waals surface area contributed by atoms with Gasteiger partial charge in [-0.05, 0) is 34.0 Å². The van der Waals surface area contributed by atoms with Crippen LogP contribution in [0.4, 0.5) is 0 Å². The van der Waals surface area contributed by atoms with Crippen molar-refractivity contribution < 1.29 is 0 Å². The van der Waals surface area contributed by atoms with Crippen LogP contribution >= 0.6 is 0 Å². The van der Waals surface area contributed by atoms with Crippen LogP contribution in [0.25, 0.3) is 32.3 Å². The van der Waals surface area contributed by atoms with Crippen molar-refractivity contribution >= 4 is 32.3 Å². The van der Waals surface area contributed by atoms with E-state index in [4.69, 9.17) is 0 Å². The zero-order chi connectivity index (χ0) is 13.1. The smallest absolute Gasteiger partial charge is 0.234 e. The molecule has 0 aliphatic heterocycles. The van der Waals surface area contributed by atoms with Crippen molar-refractivity contribution in [1.82, 2.24) is 0 Å². The predicted molar refractivity (Wildman–Crippen MR) is 78.6 cm³/mol. The number of hydrogen-bond acceptors (Lipinski definition) is 2. The Balaban J connectivity index is 2.38. The van der Waals surface area contributed by atoms with E-state index in [-0.39, 0.29) is 10.9 Å². The molecule has 2 heteroatoms. The van der Waals surface area contributed by atoms with Crippen LogP contribution < -0.4 is 10.9 Å². The second-order valence-corrected chi connectivity index (χ2v) is 4.98. The summed E-state index contributed by atoms with van der Waals surface area (Å²) in [5, 5.41) is 5.42. The van der Waals surface area contributed by atoms with Gasteiger partial charge < -0.3 is 0 Å². The molecule has 0 radical (unpaired) electrons. The summed E-state index contributed by atoms with van der Waals surface area (Å²) in [6.45, 7) is 1.89. The quantitative estimate of drug-likeness (QED) is 0.353. The van der Waals surface area contributed by atoms with Crippen molar-refractivity contribution in [1.29, 1.82) is 0 Å². The number of benzene rings is 3. The van der Waals surface area contributed by atoms with Crippen molar-refractivity contribution in [2.24, 2.45) is 0 Å². The number of aryl methyl sites for hydroxylation is 1. The molecule has 0 aromatic heterocycles. The van der Waals surface area contributed by atoms with Crippen LogP contribution in [-0.4, -0.2) is 0 Å². The molecule has 0 fully saturated rings. The van der Waals surface area contributed by atoms with E-state index in [1.807, 2.05) is 37.3 Å². The van der Waals surface area contributed by atoms with Gasteiger partial charge in [-0.3, -0.25) is 9.59 Å². The maximum absolute atomic E-state index is 11.8. The summed E-state index contributed by atoms with van der Waals surface area (Å²) in [5.74, 6) is 0. The van der Waals surface area contributed by atoms with Gasteiger partial charge in [0.15, 0.2) is 0 Å². The normalized spacial score (nSPS) is 11.8. The molecule has 0 spiro atoms. The van der Waals surface area contributed by atoms with Crippen LogP contribution in [0.5, 0.6) is 0 Å². The Bertz CT molecular complexity index is 1050. The van der Waals surface area contributed by atoms with Crippen molar-refractivity contribution in [3.8, 4) is 0 Å². The van der Waals surface area contributed by atoms with Gasteiger partial charge in [0.25, 0.3) is 0 Å².